The molecule has 4 heteroatoms. The summed E-state index contributed by atoms with van der Waals surface area (Å²) in [5, 5.41) is 3.36. The van der Waals surface area contributed by atoms with Gasteiger partial charge in [0.05, 0.1) is 0 Å². The average Bonchev–Trinajstić information content (AvgIpc) is 2.59. The number of pyridine rings is 1. The van der Waals surface area contributed by atoms with E-state index in [0.29, 0.717) is 17.4 Å². The Labute approximate surface area is 141 Å². The summed E-state index contributed by atoms with van der Waals surface area (Å²) in [7, 11) is 0. The summed E-state index contributed by atoms with van der Waals surface area (Å²) in [6.45, 7) is 3.38. The molecule has 1 fully saturated rings. The highest BCUT2D eigenvalue weighted by atomic mass is 19.1. The van der Waals surface area contributed by atoms with E-state index in [1.165, 1.54) is 17.2 Å². The summed E-state index contributed by atoms with van der Waals surface area (Å²) < 4.78 is 13.5. The Morgan fingerprint density at radius 2 is 1.83 bits per heavy atom. The largest absolute Gasteiger partial charge is 0.340 e. The van der Waals surface area contributed by atoms with Gasteiger partial charge in [-0.3, -0.25) is 4.79 Å². The van der Waals surface area contributed by atoms with Crippen molar-refractivity contribution < 1.29 is 9.18 Å². The van der Waals surface area contributed by atoms with Gasteiger partial charge in [0.25, 0.3) is 0 Å². The summed E-state index contributed by atoms with van der Waals surface area (Å²) in [4.78, 5) is 16.6. The molecular weight excluding hydrogens is 303 g/mol. The third-order valence-electron chi connectivity index (χ3n) is 5.50. The predicted molar refractivity (Wildman–Crippen MR) is 92.6 cm³/mol. The van der Waals surface area contributed by atoms with Crippen molar-refractivity contribution in [3.63, 3.8) is 0 Å². The fourth-order valence-electron chi connectivity index (χ4n) is 4.30. The number of anilines is 2. The van der Waals surface area contributed by atoms with Gasteiger partial charge in [0, 0.05) is 23.0 Å². The Morgan fingerprint density at radius 1 is 1.17 bits per heavy atom. The van der Waals surface area contributed by atoms with Crippen LogP contribution in [0.1, 0.15) is 71.5 Å². The number of aromatic nitrogens is 1. The zero-order valence-corrected chi connectivity index (χ0v) is 14.0. The molecule has 2 aromatic rings. The number of rotatable bonds is 3. The van der Waals surface area contributed by atoms with Crippen LogP contribution in [0, 0.1) is 12.7 Å². The van der Waals surface area contributed by atoms with Gasteiger partial charge in [0.1, 0.15) is 11.6 Å². The van der Waals surface area contributed by atoms with Gasteiger partial charge in [-0.2, -0.15) is 0 Å². The maximum atomic E-state index is 13.5. The van der Waals surface area contributed by atoms with Gasteiger partial charge in [-0.05, 0) is 80.7 Å². The van der Waals surface area contributed by atoms with Crippen LogP contribution in [0.2, 0.25) is 0 Å². The van der Waals surface area contributed by atoms with Crippen LogP contribution in [0.4, 0.5) is 15.9 Å². The predicted octanol–water partition coefficient (Wildman–Crippen LogP) is 5.23. The number of carbonyl (C=O) groups excluding carboxylic acids is 1. The molecule has 0 amide bonds. The number of ketones is 1. The van der Waals surface area contributed by atoms with E-state index in [1.807, 2.05) is 0 Å². The highest BCUT2D eigenvalue weighted by molar-refractivity contribution is 5.96. The first kappa shape index (κ1) is 15.3. The van der Waals surface area contributed by atoms with E-state index >= 15 is 0 Å². The average molecular weight is 324 g/mol. The second kappa shape index (κ2) is 5.69. The molecule has 0 atom stereocenters. The second-order valence-corrected chi connectivity index (χ2v) is 7.04. The summed E-state index contributed by atoms with van der Waals surface area (Å²) in [5.74, 6) is 1.66. The number of hydrogen-bond donors (Lipinski definition) is 1. The van der Waals surface area contributed by atoms with Gasteiger partial charge >= 0.3 is 0 Å². The lowest BCUT2D eigenvalue weighted by Gasteiger charge is -2.40. The number of fused-ring (bicyclic) bond motifs is 2. The molecule has 0 unspecified atom stereocenters. The third kappa shape index (κ3) is 2.41. The highest BCUT2D eigenvalue weighted by Crippen LogP contribution is 2.52. The first-order valence-electron chi connectivity index (χ1n) is 8.61. The van der Waals surface area contributed by atoms with Crippen LogP contribution in [-0.2, 0) is 0 Å². The summed E-state index contributed by atoms with van der Waals surface area (Å²) >= 11 is 0. The van der Waals surface area contributed by atoms with Gasteiger partial charge in [0.2, 0.25) is 0 Å². The minimum absolute atomic E-state index is 0.0930. The summed E-state index contributed by atoms with van der Waals surface area (Å²) in [5.41, 5.74) is 4.64. The van der Waals surface area contributed by atoms with Crippen LogP contribution in [-0.4, -0.2) is 10.8 Å². The number of benzene rings is 1. The zero-order valence-electron chi connectivity index (χ0n) is 14.0. The number of nitrogens with zero attached hydrogens (tertiary/aromatic N) is 1. The van der Waals surface area contributed by atoms with Crippen LogP contribution in [0.15, 0.2) is 24.4 Å². The Balaban J connectivity index is 1.81. The Hall–Kier alpha value is -2.23. The van der Waals surface area contributed by atoms with E-state index in [1.54, 1.807) is 32.2 Å². The molecule has 0 saturated heterocycles. The van der Waals surface area contributed by atoms with Crippen LogP contribution in [0.25, 0.3) is 0 Å². The molecule has 1 heterocycles. The monoisotopic (exact) mass is 324 g/mol. The maximum absolute atomic E-state index is 13.5. The van der Waals surface area contributed by atoms with Gasteiger partial charge in [0.15, 0.2) is 5.78 Å². The van der Waals surface area contributed by atoms with Crippen molar-refractivity contribution in [2.24, 2.45) is 0 Å². The minimum atomic E-state index is -0.207. The molecule has 124 valence electrons. The van der Waals surface area contributed by atoms with E-state index in [-0.39, 0.29) is 11.6 Å². The summed E-state index contributed by atoms with van der Waals surface area (Å²) in [6.07, 6.45) is 6.37. The van der Waals surface area contributed by atoms with Crippen LogP contribution in [0.5, 0.6) is 0 Å². The van der Waals surface area contributed by atoms with Crippen molar-refractivity contribution in [3.8, 4) is 0 Å². The van der Waals surface area contributed by atoms with E-state index in [9.17, 15) is 9.18 Å². The molecule has 3 aliphatic carbocycles. The standard InChI is InChI=1S/C20H21FN2O/c1-11-9-15(7-8-17(11)21)23-20-19-14-5-3-13(4-6-14)18(19)16(10-22-20)12(2)24/h7-10,13-14H,3-6H2,1-2H3,(H,22,23). The molecule has 1 aromatic heterocycles. The molecule has 0 radical (unpaired) electrons. The SMILES string of the molecule is CC(=O)c1cnc(Nc2ccc(F)c(C)c2)c2c1C1CCC2CC1. The molecule has 0 spiro atoms. The number of carbonyl (C=O) groups is 1. The van der Waals surface area contributed by atoms with Crippen LogP contribution < -0.4 is 5.32 Å². The quantitative estimate of drug-likeness (QED) is 0.786. The highest BCUT2D eigenvalue weighted by Gasteiger charge is 2.37. The molecule has 1 N–H and O–H groups in total. The fourth-order valence-corrected chi connectivity index (χ4v) is 4.30. The smallest absolute Gasteiger partial charge is 0.161 e. The van der Waals surface area contributed by atoms with Gasteiger partial charge in [-0.25, -0.2) is 9.37 Å². The van der Waals surface area contributed by atoms with E-state index in [4.69, 9.17) is 0 Å². The Kier molecular flexibility index (Phi) is 3.63. The van der Waals surface area contributed by atoms with E-state index in [2.05, 4.69) is 10.3 Å². The number of hydrogen-bond acceptors (Lipinski definition) is 3. The van der Waals surface area contributed by atoms with Crippen molar-refractivity contribution in [2.45, 2.75) is 51.4 Å². The molecule has 24 heavy (non-hydrogen) atoms. The van der Waals surface area contributed by atoms with Crippen LogP contribution in [0.3, 0.4) is 0 Å². The first-order chi connectivity index (χ1) is 11.5. The van der Waals surface area contributed by atoms with Crippen molar-refractivity contribution in [2.75, 3.05) is 5.32 Å². The first-order valence-corrected chi connectivity index (χ1v) is 8.61. The summed E-state index contributed by atoms with van der Waals surface area (Å²) in [6, 6.07) is 5.00. The van der Waals surface area contributed by atoms with Gasteiger partial charge in [-0.15, -0.1) is 0 Å². The Bertz CT molecular complexity index is 823. The van der Waals surface area contributed by atoms with Gasteiger partial charge < -0.3 is 5.32 Å². The van der Waals surface area contributed by atoms with E-state index < -0.39 is 0 Å². The third-order valence-corrected chi connectivity index (χ3v) is 5.50. The molecule has 1 saturated carbocycles. The molecule has 2 bridgehead atoms. The van der Waals surface area contributed by atoms with Crippen molar-refractivity contribution in [1.82, 2.24) is 4.98 Å². The lowest BCUT2D eigenvalue weighted by atomic mass is 9.66. The molecule has 1 aromatic carbocycles. The zero-order chi connectivity index (χ0) is 16.8. The number of Topliss-reactive ketones (excluding diaryl/α,β-unsaturated/α-hetero) is 1. The Morgan fingerprint density at radius 3 is 2.46 bits per heavy atom. The van der Waals surface area contributed by atoms with E-state index in [0.717, 1.165) is 42.8 Å². The fraction of sp³-hybridized carbons (Fsp3) is 0.400. The van der Waals surface area contributed by atoms with Crippen LogP contribution >= 0.6 is 0 Å². The second-order valence-electron chi connectivity index (χ2n) is 7.04. The van der Waals surface area contributed by atoms with Gasteiger partial charge in [-0.1, -0.05) is 0 Å². The maximum Gasteiger partial charge on any atom is 0.161 e. The lowest BCUT2D eigenvalue weighted by Crippen LogP contribution is -2.26. The number of nitrogens with one attached hydrogen (secondary N) is 1. The van der Waals surface area contributed by atoms with Crippen molar-refractivity contribution >= 4 is 17.3 Å². The molecule has 0 aliphatic heterocycles. The number of halogens is 1. The topological polar surface area (TPSA) is 42.0 Å². The molecule has 5 rings (SSSR count). The lowest BCUT2D eigenvalue weighted by molar-refractivity contribution is 0.101. The molecule has 3 nitrogen and oxygen atoms in total. The van der Waals surface area contributed by atoms with Crippen molar-refractivity contribution in [1.29, 1.82) is 0 Å². The number of aryl methyl sites for hydroxylation is 1. The normalized spacial score (nSPS) is 21.5. The minimum Gasteiger partial charge on any atom is -0.340 e. The van der Waals surface area contributed by atoms with Crippen molar-refractivity contribution in [3.05, 3.63) is 52.5 Å². The molecular formula is C20H21FN2O. The molecule has 3 aliphatic rings.